The Labute approximate surface area is 181 Å². The van der Waals surface area contributed by atoms with Gasteiger partial charge < -0.3 is 24.7 Å². The lowest BCUT2D eigenvalue weighted by Gasteiger charge is -2.38. The number of hydrogen-bond acceptors (Lipinski definition) is 8. The van der Waals surface area contributed by atoms with Crippen molar-refractivity contribution in [2.45, 2.75) is 39.5 Å². The number of allylic oxidation sites excluding steroid dienone is 2. The summed E-state index contributed by atoms with van der Waals surface area (Å²) in [6.07, 6.45) is 0.789. The minimum atomic E-state index is -0.835. The second kappa shape index (κ2) is 8.83. The van der Waals surface area contributed by atoms with Gasteiger partial charge in [0.05, 0.1) is 19.6 Å². The van der Waals surface area contributed by atoms with Gasteiger partial charge in [-0.15, -0.1) is 0 Å². The number of methoxy groups -OCH3 is 1. The fourth-order valence-corrected chi connectivity index (χ4v) is 3.99. The molecule has 1 atom stereocenters. The van der Waals surface area contributed by atoms with Gasteiger partial charge in [-0.05, 0) is 18.4 Å². The minimum absolute atomic E-state index is 0.0292. The second-order valence-electron chi connectivity index (χ2n) is 8.21. The molecule has 0 saturated carbocycles. The molecule has 1 aliphatic heterocycles. The summed E-state index contributed by atoms with van der Waals surface area (Å²) in [5.74, 6) is -1.53. The van der Waals surface area contributed by atoms with Crippen molar-refractivity contribution in [1.29, 1.82) is 0 Å². The van der Waals surface area contributed by atoms with Gasteiger partial charge >= 0.3 is 11.9 Å². The lowest BCUT2D eigenvalue weighted by atomic mass is 9.70. The number of carbonyl (C=O) groups excluding carboxylic acids is 3. The van der Waals surface area contributed by atoms with Gasteiger partial charge in [0.15, 0.2) is 12.4 Å². The van der Waals surface area contributed by atoms with Crippen LogP contribution in [-0.2, 0) is 28.6 Å². The first-order valence-corrected chi connectivity index (χ1v) is 10.1. The van der Waals surface area contributed by atoms with E-state index in [1.807, 2.05) is 13.8 Å². The normalized spacial score (nSPS) is 20.0. The van der Waals surface area contributed by atoms with E-state index in [9.17, 15) is 14.4 Å². The van der Waals surface area contributed by atoms with Gasteiger partial charge in [0, 0.05) is 24.0 Å². The largest absolute Gasteiger partial charge is 0.482 e. The molecule has 1 aliphatic carbocycles. The van der Waals surface area contributed by atoms with E-state index in [1.165, 1.54) is 7.11 Å². The first-order valence-electron chi connectivity index (χ1n) is 10.1. The lowest BCUT2D eigenvalue weighted by Crippen LogP contribution is -2.35. The summed E-state index contributed by atoms with van der Waals surface area (Å²) in [6.45, 7) is 5.57. The van der Waals surface area contributed by atoms with Crippen molar-refractivity contribution in [1.82, 2.24) is 0 Å². The highest BCUT2D eigenvalue weighted by Gasteiger charge is 2.45. The van der Waals surface area contributed by atoms with Gasteiger partial charge in [-0.2, -0.15) is 0 Å². The maximum Gasteiger partial charge on any atom is 0.344 e. The monoisotopic (exact) mass is 429 g/mol. The van der Waals surface area contributed by atoms with Crippen molar-refractivity contribution in [2.75, 3.05) is 20.3 Å². The van der Waals surface area contributed by atoms with Crippen molar-refractivity contribution >= 4 is 17.7 Å². The van der Waals surface area contributed by atoms with E-state index in [0.717, 1.165) is 0 Å². The van der Waals surface area contributed by atoms with Crippen LogP contribution in [0.15, 0.2) is 47.1 Å². The first kappa shape index (κ1) is 22.4. The highest BCUT2D eigenvalue weighted by molar-refractivity contribution is 6.03. The van der Waals surface area contributed by atoms with Crippen LogP contribution in [0.3, 0.4) is 0 Å². The Bertz CT molecular complexity index is 974. The number of carbonyl (C=O) groups is 3. The third-order valence-corrected chi connectivity index (χ3v) is 5.24. The Hall–Kier alpha value is -3.29. The van der Waals surface area contributed by atoms with Crippen LogP contribution < -0.4 is 10.5 Å². The molecule has 0 amide bonds. The minimum Gasteiger partial charge on any atom is -0.482 e. The van der Waals surface area contributed by atoms with Crippen LogP contribution in [0.25, 0.3) is 0 Å². The molecule has 0 aromatic heterocycles. The topological polar surface area (TPSA) is 114 Å². The van der Waals surface area contributed by atoms with Crippen LogP contribution in [0, 0.1) is 5.41 Å². The van der Waals surface area contributed by atoms with Gasteiger partial charge in [0.1, 0.15) is 17.1 Å². The summed E-state index contributed by atoms with van der Waals surface area (Å²) in [5, 5.41) is 0. The molecule has 2 N–H and O–H groups in total. The molecule has 0 fully saturated rings. The van der Waals surface area contributed by atoms with Crippen LogP contribution >= 0.6 is 0 Å². The fourth-order valence-electron chi connectivity index (χ4n) is 3.99. The van der Waals surface area contributed by atoms with E-state index in [0.29, 0.717) is 35.5 Å². The van der Waals surface area contributed by atoms with Crippen molar-refractivity contribution < 1.29 is 33.3 Å². The number of benzene rings is 1. The summed E-state index contributed by atoms with van der Waals surface area (Å²) >= 11 is 0. The number of para-hydroxylation sites is 1. The van der Waals surface area contributed by atoms with Crippen LogP contribution in [0.5, 0.6) is 5.75 Å². The molecule has 1 heterocycles. The molecule has 3 rings (SSSR count). The van der Waals surface area contributed by atoms with E-state index in [1.54, 1.807) is 31.2 Å². The summed E-state index contributed by atoms with van der Waals surface area (Å²) in [6, 6.07) is 6.87. The molecule has 1 aromatic carbocycles. The molecule has 166 valence electrons. The third kappa shape index (κ3) is 4.57. The van der Waals surface area contributed by atoms with Gasteiger partial charge in [-0.25, -0.2) is 9.59 Å². The number of ether oxygens (including phenoxy) is 4. The molecule has 8 nitrogen and oxygen atoms in total. The molecule has 8 heteroatoms. The maximum atomic E-state index is 13.2. The van der Waals surface area contributed by atoms with E-state index >= 15 is 0 Å². The molecule has 0 spiro atoms. The highest BCUT2D eigenvalue weighted by atomic mass is 16.6. The Morgan fingerprint density at radius 2 is 1.94 bits per heavy atom. The smallest absolute Gasteiger partial charge is 0.344 e. The molecular formula is C23H27NO7. The van der Waals surface area contributed by atoms with Crippen molar-refractivity contribution in [2.24, 2.45) is 11.1 Å². The number of rotatable bonds is 6. The van der Waals surface area contributed by atoms with Crippen molar-refractivity contribution in [3.05, 3.63) is 52.6 Å². The zero-order chi connectivity index (χ0) is 22.8. The average Bonchev–Trinajstić information content (AvgIpc) is 2.70. The van der Waals surface area contributed by atoms with E-state index in [-0.39, 0.29) is 35.9 Å². The van der Waals surface area contributed by atoms with Crippen LogP contribution in [0.1, 0.15) is 45.1 Å². The predicted molar refractivity (Wildman–Crippen MR) is 111 cm³/mol. The molecule has 0 unspecified atom stereocenters. The van der Waals surface area contributed by atoms with Crippen molar-refractivity contribution in [3.8, 4) is 5.75 Å². The number of ketones is 1. The Kier molecular flexibility index (Phi) is 6.38. The van der Waals surface area contributed by atoms with Crippen LogP contribution in [0.4, 0.5) is 0 Å². The fraction of sp³-hybridized carbons (Fsp3) is 0.435. The number of Topliss-reactive ketones (excluding diaryl/α,β-unsaturated/α-hetero) is 1. The number of hydrogen-bond donors (Lipinski definition) is 1. The second-order valence-corrected chi connectivity index (χ2v) is 8.21. The molecule has 31 heavy (non-hydrogen) atoms. The van der Waals surface area contributed by atoms with Gasteiger partial charge in [0.2, 0.25) is 5.88 Å². The van der Waals surface area contributed by atoms with Crippen molar-refractivity contribution in [3.63, 3.8) is 0 Å². The summed E-state index contributed by atoms with van der Waals surface area (Å²) in [7, 11) is 1.23. The van der Waals surface area contributed by atoms with E-state index in [4.69, 9.17) is 24.7 Å². The molecule has 1 aromatic rings. The Morgan fingerprint density at radius 1 is 1.23 bits per heavy atom. The zero-order valence-electron chi connectivity index (χ0n) is 18.2. The summed E-state index contributed by atoms with van der Waals surface area (Å²) in [4.78, 5) is 37.6. The molecule has 0 saturated heterocycles. The van der Waals surface area contributed by atoms with E-state index in [2.05, 4.69) is 0 Å². The lowest BCUT2D eigenvalue weighted by molar-refractivity contribution is -0.145. The average molecular weight is 429 g/mol. The highest BCUT2D eigenvalue weighted by Crippen LogP contribution is 2.49. The molecule has 0 bridgehead atoms. The summed E-state index contributed by atoms with van der Waals surface area (Å²) < 4.78 is 21.3. The predicted octanol–water partition coefficient (Wildman–Crippen LogP) is 2.73. The van der Waals surface area contributed by atoms with E-state index < -0.39 is 17.9 Å². The zero-order valence-corrected chi connectivity index (χ0v) is 18.2. The molecule has 0 radical (unpaired) electrons. The Morgan fingerprint density at radius 3 is 2.61 bits per heavy atom. The molecular weight excluding hydrogens is 402 g/mol. The molecule has 2 aliphatic rings. The first-order chi connectivity index (χ1) is 14.7. The SMILES string of the molecule is CCOC(=O)COc1ccccc1[C@H]1C(C(=O)OC)=C(N)OC2=C1C(=O)CC(C)(C)C2. The quantitative estimate of drug-likeness (QED) is 0.687. The van der Waals surface area contributed by atoms with Crippen LogP contribution in [-0.4, -0.2) is 38.0 Å². The number of esters is 2. The summed E-state index contributed by atoms with van der Waals surface area (Å²) in [5.41, 5.74) is 6.73. The number of nitrogens with two attached hydrogens (primary N) is 1. The Balaban J connectivity index is 2.12. The maximum absolute atomic E-state index is 13.2. The van der Waals surface area contributed by atoms with Gasteiger partial charge in [0.25, 0.3) is 0 Å². The third-order valence-electron chi connectivity index (χ3n) is 5.24. The van der Waals surface area contributed by atoms with Gasteiger partial charge in [-0.1, -0.05) is 32.0 Å². The van der Waals surface area contributed by atoms with Crippen LogP contribution in [0.2, 0.25) is 0 Å². The van der Waals surface area contributed by atoms with Gasteiger partial charge in [-0.3, -0.25) is 4.79 Å². The standard InChI is InChI=1S/C23H27NO7/c1-5-29-17(26)12-30-15-9-7-6-8-13(15)18-19-14(25)10-23(2,3)11-16(19)31-21(24)20(18)22(27)28-4/h6-9,18H,5,10-12,24H2,1-4H3/t18-/m1/s1.